The van der Waals surface area contributed by atoms with Gasteiger partial charge in [0, 0.05) is 12.1 Å². The van der Waals surface area contributed by atoms with Gasteiger partial charge >= 0.3 is 0 Å². The lowest BCUT2D eigenvalue weighted by atomic mass is 10.0. The predicted molar refractivity (Wildman–Crippen MR) is 79.5 cm³/mol. The third-order valence-electron chi connectivity index (χ3n) is 3.16. The van der Waals surface area contributed by atoms with Gasteiger partial charge in [-0.25, -0.2) is 9.97 Å². The second-order valence-corrected chi connectivity index (χ2v) is 5.01. The van der Waals surface area contributed by atoms with Crippen molar-refractivity contribution in [2.75, 3.05) is 23.8 Å². The molecule has 0 fully saturated rings. The molecule has 0 amide bonds. The Morgan fingerprint density at radius 2 is 1.89 bits per heavy atom. The van der Waals surface area contributed by atoms with Crippen LogP contribution in [0.15, 0.2) is 6.33 Å². The van der Waals surface area contributed by atoms with Gasteiger partial charge in [-0.05, 0) is 18.8 Å². The first kappa shape index (κ1) is 15.7. The highest BCUT2D eigenvalue weighted by atomic mass is 16.3. The number of nitrogens with zero attached hydrogens (tertiary/aromatic N) is 2. The Hall–Kier alpha value is -1.36. The summed E-state index contributed by atoms with van der Waals surface area (Å²) >= 11 is 0. The molecule has 0 aromatic carbocycles. The van der Waals surface area contributed by atoms with Gasteiger partial charge in [-0.3, -0.25) is 0 Å². The van der Waals surface area contributed by atoms with E-state index in [2.05, 4.69) is 48.3 Å². The minimum atomic E-state index is 0.0132. The van der Waals surface area contributed by atoms with E-state index in [1.165, 1.54) is 0 Å². The first-order chi connectivity index (χ1) is 9.13. The number of aromatic nitrogens is 2. The number of aliphatic hydroxyl groups excluding tert-OH is 1. The second-order valence-electron chi connectivity index (χ2n) is 5.01. The molecular formula is C14H26N4O. The molecule has 1 rings (SSSR count). The summed E-state index contributed by atoms with van der Waals surface area (Å²) in [4.78, 5) is 8.62. The van der Waals surface area contributed by atoms with Crippen molar-refractivity contribution in [3.63, 3.8) is 0 Å². The summed E-state index contributed by atoms with van der Waals surface area (Å²) in [5, 5.41) is 16.1. The molecule has 0 saturated heterocycles. The van der Waals surface area contributed by atoms with Crippen LogP contribution in [0.5, 0.6) is 0 Å². The molecule has 5 nitrogen and oxygen atoms in total. The van der Waals surface area contributed by atoms with Crippen LogP contribution in [0.25, 0.3) is 0 Å². The maximum atomic E-state index is 9.41. The van der Waals surface area contributed by atoms with Gasteiger partial charge in [0.2, 0.25) is 0 Å². The zero-order chi connectivity index (χ0) is 14.3. The van der Waals surface area contributed by atoms with E-state index in [0.717, 1.165) is 36.6 Å². The number of hydrogen-bond acceptors (Lipinski definition) is 5. The smallest absolute Gasteiger partial charge is 0.135 e. The molecule has 3 N–H and O–H groups in total. The molecule has 1 atom stereocenters. The first-order valence-electron chi connectivity index (χ1n) is 7.09. The Bertz CT molecular complexity index is 382. The molecule has 1 unspecified atom stereocenters. The predicted octanol–water partition coefficient (Wildman–Crippen LogP) is 2.29. The third-order valence-corrected chi connectivity index (χ3v) is 3.16. The van der Waals surface area contributed by atoms with Crippen LogP contribution in [-0.2, 0) is 6.42 Å². The van der Waals surface area contributed by atoms with E-state index in [9.17, 15) is 5.11 Å². The zero-order valence-electron chi connectivity index (χ0n) is 12.4. The van der Waals surface area contributed by atoms with Gasteiger partial charge in [-0.1, -0.05) is 27.7 Å². The highest BCUT2D eigenvalue weighted by molar-refractivity contribution is 5.57. The minimum absolute atomic E-state index is 0.0132. The summed E-state index contributed by atoms with van der Waals surface area (Å²) in [7, 11) is 0. The van der Waals surface area contributed by atoms with Crippen molar-refractivity contribution in [2.24, 2.45) is 5.92 Å². The molecular weight excluding hydrogens is 240 g/mol. The van der Waals surface area contributed by atoms with Crippen LogP contribution < -0.4 is 10.6 Å². The van der Waals surface area contributed by atoms with Crippen molar-refractivity contribution < 1.29 is 5.11 Å². The Labute approximate surface area is 115 Å². The van der Waals surface area contributed by atoms with Crippen LogP contribution in [0.3, 0.4) is 0 Å². The molecule has 1 aromatic rings. The van der Waals surface area contributed by atoms with Crippen molar-refractivity contribution in [1.82, 2.24) is 9.97 Å². The van der Waals surface area contributed by atoms with Gasteiger partial charge in [-0.2, -0.15) is 0 Å². The van der Waals surface area contributed by atoms with Gasteiger partial charge in [0.15, 0.2) is 0 Å². The van der Waals surface area contributed by atoms with Crippen molar-refractivity contribution in [1.29, 1.82) is 0 Å². The Morgan fingerprint density at radius 1 is 1.21 bits per heavy atom. The molecule has 0 aliphatic carbocycles. The van der Waals surface area contributed by atoms with E-state index in [0.29, 0.717) is 5.92 Å². The Balaban J connectivity index is 2.93. The molecule has 0 spiro atoms. The zero-order valence-corrected chi connectivity index (χ0v) is 12.4. The lowest BCUT2D eigenvalue weighted by molar-refractivity contribution is 0.249. The first-order valence-corrected chi connectivity index (χ1v) is 7.09. The van der Waals surface area contributed by atoms with Crippen LogP contribution >= 0.6 is 0 Å². The van der Waals surface area contributed by atoms with E-state index < -0.39 is 0 Å². The van der Waals surface area contributed by atoms with E-state index in [1.54, 1.807) is 6.33 Å². The highest BCUT2D eigenvalue weighted by Gasteiger charge is 2.16. The quantitative estimate of drug-likeness (QED) is 0.673. The van der Waals surface area contributed by atoms with Crippen LogP contribution in [0, 0.1) is 5.92 Å². The fourth-order valence-corrected chi connectivity index (χ4v) is 1.87. The van der Waals surface area contributed by atoms with E-state index >= 15 is 0 Å². The highest BCUT2D eigenvalue weighted by Crippen LogP contribution is 2.22. The number of hydrogen-bond donors (Lipinski definition) is 3. The van der Waals surface area contributed by atoms with Gasteiger partial charge in [0.1, 0.15) is 18.0 Å². The second kappa shape index (κ2) is 7.94. The number of aliphatic hydroxyl groups is 1. The average molecular weight is 266 g/mol. The fourth-order valence-electron chi connectivity index (χ4n) is 1.87. The summed E-state index contributed by atoms with van der Waals surface area (Å²) in [5.74, 6) is 2.06. The molecule has 0 radical (unpaired) electrons. The summed E-state index contributed by atoms with van der Waals surface area (Å²) < 4.78 is 0. The van der Waals surface area contributed by atoms with E-state index in [-0.39, 0.29) is 12.6 Å². The van der Waals surface area contributed by atoms with Gasteiger partial charge < -0.3 is 15.7 Å². The SMILES string of the molecule is CCCNc1ncnc(NC(CO)C(C)C)c1CC. The fraction of sp³-hybridized carbons (Fsp3) is 0.714. The minimum Gasteiger partial charge on any atom is -0.394 e. The third kappa shape index (κ3) is 4.35. The van der Waals surface area contributed by atoms with Gasteiger partial charge in [-0.15, -0.1) is 0 Å². The molecule has 0 saturated carbocycles. The van der Waals surface area contributed by atoms with Crippen LogP contribution in [-0.4, -0.2) is 34.3 Å². The number of rotatable bonds is 8. The molecule has 5 heteroatoms. The normalized spacial score (nSPS) is 12.5. The Kier molecular flexibility index (Phi) is 6.56. The standard InChI is InChI=1S/C14H26N4O/c1-5-7-15-13-11(6-2)14(17-9-16-13)18-12(8-19)10(3)4/h9-10,12,19H,5-8H2,1-4H3,(H2,15,16,17,18). The molecule has 19 heavy (non-hydrogen) atoms. The molecule has 108 valence electrons. The lowest BCUT2D eigenvalue weighted by Gasteiger charge is -2.22. The van der Waals surface area contributed by atoms with Crippen molar-refractivity contribution in [2.45, 2.75) is 46.6 Å². The topological polar surface area (TPSA) is 70.1 Å². The molecule has 1 aromatic heterocycles. The monoisotopic (exact) mass is 266 g/mol. The molecule has 1 heterocycles. The summed E-state index contributed by atoms with van der Waals surface area (Å²) in [5.41, 5.74) is 1.08. The molecule has 0 aliphatic rings. The Morgan fingerprint density at radius 3 is 2.42 bits per heavy atom. The van der Waals surface area contributed by atoms with Crippen molar-refractivity contribution in [3.05, 3.63) is 11.9 Å². The summed E-state index contributed by atoms with van der Waals surface area (Å²) in [6.45, 7) is 9.37. The summed E-state index contributed by atoms with van der Waals surface area (Å²) in [6.07, 6.45) is 3.47. The average Bonchev–Trinajstić information content (AvgIpc) is 2.41. The molecule has 0 aliphatic heterocycles. The number of nitrogens with one attached hydrogen (secondary N) is 2. The van der Waals surface area contributed by atoms with E-state index in [1.807, 2.05) is 0 Å². The van der Waals surface area contributed by atoms with Gasteiger partial charge in [0.25, 0.3) is 0 Å². The number of anilines is 2. The van der Waals surface area contributed by atoms with Crippen LogP contribution in [0.4, 0.5) is 11.6 Å². The maximum absolute atomic E-state index is 9.41. The van der Waals surface area contributed by atoms with E-state index in [4.69, 9.17) is 0 Å². The van der Waals surface area contributed by atoms with Crippen LogP contribution in [0.2, 0.25) is 0 Å². The van der Waals surface area contributed by atoms with Gasteiger partial charge in [0.05, 0.1) is 12.6 Å². The maximum Gasteiger partial charge on any atom is 0.135 e. The van der Waals surface area contributed by atoms with Crippen molar-refractivity contribution >= 4 is 11.6 Å². The summed E-state index contributed by atoms with van der Waals surface area (Å²) in [6, 6.07) is 0.0132. The van der Waals surface area contributed by atoms with Crippen molar-refractivity contribution in [3.8, 4) is 0 Å². The largest absolute Gasteiger partial charge is 0.394 e. The van der Waals surface area contributed by atoms with Crippen LogP contribution in [0.1, 0.15) is 39.7 Å². The molecule has 0 bridgehead atoms. The lowest BCUT2D eigenvalue weighted by Crippen LogP contribution is -2.30.